The zero-order chi connectivity index (χ0) is 33.6. The zero-order valence-corrected chi connectivity index (χ0v) is 27.8. The van der Waals surface area contributed by atoms with Crippen molar-refractivity contribution in [1.82, 2.24) is 26.2 Å². The number of amides is 4. The van der Waals surface area contributed by atoms with Crippen molar-refractivity contribution in [3.63, 3.8) is 0 Å². The molecule has 6 N–H and O–H groups in total. The molecule has 4 rings (SSSR count). The molecule has 0 bridgehead atoms. The summed E-state index contributed by atoms with van der Waals surface area (Å²) in [5.74, 6) is -1.23. The van der Waals surface area contributed by atoms with Gasteiger partial charge in [0.1, 0.15) is 18.1 Å². The fourth-order valence-electron chi connectivity index (χ4n) is 6.25. The zero-order valence-electron chi connectivity index (χ0n) is 27.8. The summed E-state index contributed by atoms with van der Waals surface area (Å²) in [5, 5.41) is 12.1. The summed E-state index contributed by atoms with van der Waals surface area (Å²) in [6, 6.07) is 15.4. The molecule has 1 heterocycles. The van der Waals surface area contributed by atoms with Crippen molar-refractivity contribution >= 4 is 23.6 Å². The molecule has 0 saturated carbocycles. The minimum atomic E-state index is -0.898. The van der Waals surface area contributed by atoms with Gasteiger partial charge >= 0.3 is 0 Å². The first-order chi connectivity index (χ1) is 22.7. The second kappa shape index (κ2) is 18.5. The van der Waals surface area contributed by atoms with Crippen LogP contribution in [-0.2, 0) is 43.2 Å². The van der Waals surface area contributed by atoms with E-state index in [1.54, 1.807) is 4.90 Å². The van der Waals surface area contributed by atoms with Crippen LogP contribution in [0.15, 0.2) is 54.6 Å². The molecule has 1 aliphatic carbocycles. The van der Waals surface area contributed by atoms with Crippen molar-refractivity contribution in [2.75, 3.05) is 39.4 Å². The number of benzene rings is 2. The molecule has 11 heteroatoms. The van der Waals surface area contributed by atoms with E-state index < -0.39 is 29.9 Å². The molecule has 2 aromatic rings. The fourth-order valence-corrected chi connectivity index (χ4v) is 6.25. The summed E-state index contributed by atoms with van der Waals surface area (Å²) in [6.45, 7) is 6.37. The van der Waals surface area contributed by atoms with Crippen LogP contribution in [0.1, 0.15) is 56.2 Å². The van der Waals surface area contributed by atoms with Gasteiger partial charge in [-0.25, -0.2) is 0 Å². The third kappa shape index (κ3) is 11.4. The van der Waals surface area contributed by atoms with Gasteiger partial charge in [-0.15, -0.1) is 0 Å². The maximum Gasteiger partial charge on any atom is 0.245 e. The quantitative estimate of drug-likeness (QED) is 0.163. The Bertz CT molecular complexity index is 1290. The van der Waals surface area contributed by atoms with E-state index in [0.717, 1.165) is 24.8 Å². The molecule has 1 fully saturated rings. The predicted octanol–water partition coefficient (Wildman–Crippen LogP) is 1.47. The maximum atomic E-state index is 13.8. The average molecular weight is 649 g/mol. The summed E-state index contributed by atoms with van der Waals surface area (Å²) in [5.41, 5.74) is 9.15. The van der Waals surface area contributed by atoms with Crippen LogP contribution in [0.3, 0.4) is 0 Å². The molecule has 256 valence electrons. The Morgan fingerprint density at radius 1 is 0.830 bits per heavy atom. The summed E-state index contributed by atoms with van der Waals surface area (Å²) in [7, 11) is 0. The molecular formula is C36H52N6O5. The Kier molecular flexibility index (Phi) is 14.2. The molecule has 47 heavy (non-hydrogen) atoms. The maximum absolute atomic E-state index is 13.8. The largest absolute Gasteiger partial charge is 0.378 e. The standard InChI is InChI=1S/C36H52N6O5/c1-25(2)20-31(34(44)40-30(14-8-9-15-37)36(46)42-16-18-47-19-17-42)41-35(45)32(21-26-10-4-3-5-11-26)39-33(43)24-38-29-22-27-12-6-7-13-28(27)23-29/h3-7,10-13,25,29-32,38H,8-9,14-24,37H2,1-2H3,(H,39,43)(H,40,44)(H,41,45)/t30-,31-,32-/m1/s1. The lowest BCUT2D eigenvalue weighted by atomic mass is 10.00. The number of carbonyl (C=O) groups is 4. The van der Waals surface area contributed by atoms with Gasteiger partial charge in [-0.1, -0.05) is 68.4 Å². The van der Waals surface area contributed by atoms with Gasteiger partial charge in [0.2, 0.25) is 23.6 Å². The van der Waals surface area contributed by atoms with Crippen molar-refractivity contribution in [3.8, 4) is 0 Å². The SMILES string of the molecule is CC(C)C[C@@H](NC(=O)[C@@H](Cc1ccccc1)NC(=O)CNC1Cc2ccccc2C1)C(=O)N[C@H](CCCCN)C(=O)N1CCOCC1. The highest BCUT2D eigenvalue weighted by Gasteiger charge is 2.32. The Labute approximate surface area is 278 Å². The van der Waals surface area contributed by atoms with Gasteiger partial charge < -0.3 is 36.6 Å². The Hall–Kier alpha value is -3.80. The van der Waals surface area contributed by atoms with Gasteiger partial charge in [0.15, 0.2) is 0 Å². The third-order valence-corrected chi connectivity index (χ3v) is 8.76. The van der Waals surface area contributed by atoms with E-state index in [9.17, 15) is 19.2 Å². The molecule has 2 aliphatic rings. The van der Waals surface area contributed by atoms with Crippen molar-refractivity contribution in [2.45, 2.75) is 83.0 Å². The van der Waals surface area contributed by atoms with Crippen LogP contribution >= 0.6 is 0 Å². The van der Waals surface area contributed by atoms with Crippen molar-refractivity contribution in [3.05, 3.63) is 71.3 Å². The molecular weight excluding hydrogens is 596 g/mol. The molecule has 3 atom stereocenters. The Morgan fingerprint density at radius 2 is 1.45 bits per heavy atom. The number of nitrogens with one attached hydrogen (secondary N) is 4. The number of rotatable bonds is 17. The first-order valence-electron chi connectivity index (χ1n) is 17.0. The second-order valence-electron chi connectivity index (χ2n) is 13.0. The van der Waals surface area contributed by atoms with E-state index in [1.807, 2.05) is 56.3 Å². The second-order valence-corrected chi connectivity index (χ2v) is 13.0. The number of carbonyl (C=O) groups excluding carboxylic acids is 4. The van der Waals surface area contributed by atoms with Crippen LogP contribution in [0.4, 0.5) is 0 Å². The molecule has 0 aromatic heterocycles. The van der Waals surface area contributed by atoms with Crippen LogP contribution in [0.5, 0.6) is 0 Å². The van der Waals surface area contributed by atoms with Crippen LogP contribution in [0.25, 0.3) is 0 Å². The number of unbranched alkanes of at least 4 members (excludes halogenated alkanes) is 1. The van der Waals surface area contributed by atoms with Crippen LogP contribution < -0.4 is 27.0 Å². The summed E-state index contributed by atoms with van der Waals surface area (Å²) >= 11 is 0. The number of fused-ring (bicyclic) bond motifs is 1. The van der Waals surface area contributed by atoms with Gasteiger partial charge in [0, 0.05) is 25.6 Å². The van der Waals surface area contributed by atoms with Crippen molar-refractivity contribution < 1.29 is 23.9 Å². The number of ether oxygens (including phenoxy) is 1. The number of morpholine rings is 1. The monoisotopic (exact) mass is 648 g/mol. The summed E-state index contributed by atoms with van der Waals surface area (Å²) in [4.78, 5) is 55.9. The highest BCUT2D eigenvalue weighted by molar-refractivity contribution is 5.94. The fraction of sp³-hybridized carbons (Fsp3) is 0.556. The molecule has 0 radical (unpaired) electrons. The van der Waals surface area contributed by atoms with E-state index in [4.69, 9.17) is 10.5 Å². The topological polar surface area (TPSA) is 155 Å². The minimum absolute atomic E-state index is 0.0707. The normalized spacial score (nSPS) is 16.6. The van der Waals surface area contributed by atoms with E-state index in [-0.39, 0.29) is 36.7 Å². The van der Waals surface area contributed by atoms with Gasteiger partial charge in [0.05, 0.1) is 19.8 Å². The average Bonchev–Trinajstić information content (AvgIpc) is 3.50. The van der Waals surface area contributed by atoms with E-state index in [0.29, 0.717) is 52.1 Å². The highest BCUT2D eigenvalue weighted by Crippen LogP contribution is 2.21. The molecule has 1 saturated heterocycles. The number of nitrogens with two attached hydrogens (primary N) is 1. The van der Waals surface area contributed by atoms with Crippen LogP contribution in [0.2, 0.25) is 0 Å². The van der Waals surface area contributed by atoms with Gasteiger partial charge in [-0.2, -0.15) is 0 Å². The number of hydrogen-bond acceptors (Lipinski definition) is 7. The molecule has 4 amide bonds. The van der Waals surface area contributed by atoms with Crippen LogP contribution in [0, 0.1) is 5.92 Å². The summed E-state index contributed by atoms with van der Waals surface area (Å²) < 4.78 is 5.40. The molecule has 2 aromatic carbocycles. The highest BCUT2D eigenvalue weighted by atomic mass is 16.5. The van der Waals surface area contributed by atoms with Crippen molar-refractivity contribution in [2.24, 2.45) is 11.7 Å². The first-order valence-corrected chi connectivity index (χ1v) is 17.0. The Balaban J connectivity index is 1.42. The van der Waals surface area contributed by atoms with Crippen molar-refractivity contribution in [1.29, 1.82) is 0 Å². The lowest BCUT2D eigenvalue weighted by Crippen LogP contribution is -2.58. The first kappa shape index (κ1) is 36.0. The summed E-state index contributed by atoms with van der Waals surface area (Å²) in [6.07, 6.45) is 4.21. The molecule has 1 aliphatic heterocycles. The number of nitrogens with zero attached hydrogens (tertiary/aromatic N) is 1. The van der Waals surface area contributed by atoms with Gasteiger partial charge in [-0.05, 0) is 67.7 Å². The molecule has 11 nitrogen and oxygen atoms in total. The number of hydrogen-bond donors (Lipinski definition) is 5. The van der Waals surface area contributed by atoms with Gasteiger partial charge in [0.25, 0.3) is 0 Å². The smallest absolute Gasteiger partial charge is 0.245 e. The van der Waals surface area contributed by atoms with E-state index in [1.165, 1.54) is 11.1 Å². The molecule has 0 spiro atoms. The lowest BCUT2D eigenvalue weighted by Gasteiger charge is -2.32. The van der Waals surface area contributed by atoms with Crippen LogP contribution in [-0.4, -0.2) is 92.1 Å². The molecule has 0 unspecified atom stereocenters. The van der Waals surface area contributed by atoms with E-state index >= 15 is 0 Å². The predicted molar refractivity (Wildman–Crippen MR) is 181 cm³/mol. The minimum Gasteiger partial charge on any atom is -0.378 e. The lowest BCUT2D eigenvalue weighted by molar-refractivity contribution is -0.141. The van der Waals surface area contributed by atoms with Gasteiger partial charge in [-0.3, -0.25) is 19.2 Å². The third-order valence-electron chi connectivity index (χ3n) is 8.76. The Morgan fingerprint density at radius 3 is 2.09 bits per heavy atom. The van der Waals surface area contributed by atoms with E-state index in [2.05, 4.69) is 33.4 Å².